The summed E-state index contributed by atoms with van der Waals surface area (Å²) in [6.07, 6.45) is 2.68. The van der Waals surface area contributed by atoms with Crippen molar-refractivity contribution >= 4 is 39.1 Å². The molecular weight excluding hydrogens is 468 g/mol. The number of ether oxygens (including phenoxy) is 1. The van der Waals surface area contributed by atoms with Crippen LogP contribution in [0.1, 0.15) is 19.4 Å². The molecule has 1 atom stereocenters. The molecule has 34 heavy (non-hydrogen) atoms. The van der Waals surface area contributed by atoms with E-state index in [-0.39, 0.29) is 23.4 Å². The maximum absolute atomic E-state index is 13.7. The largest absolute Gasteiger partial charge is 0.494 e. The van der Waals surface area contributed by atoms with Crippen molar-refractivity contribution in [3.63, 3.8) is 0 Å². The summed E-state index contributed by atoms with van der Waals surface area (Å²) in [4.78, 5) is 16.4. The standard InChI is InChI=1S/C26H28N2O4S2/c1-4-32-22-11-9-21(10-12-22)27(34(30,31)24-15-13-23(33-3)14-16-24)18-26(29)28-19(2)17-20-7-5-6-8-25(20)28/h5-16,19H,4,17-18H2,1-3H3. The summed E-state index contributed by atoms with van der Waals surface area (Å²) in [6.45, 7) is 4.07. The van der Waals surface area contributed by atoms with E-state index in [1.807, 2.05) is 44.4 Å². The van der Waals surface area contributed by atoms with Gasteiger partial charge in [-0.25, -0.2) is 8.42 Å². The van der Waals surface area contributed by atoms with Gasteiger partial charge in [0, 0.05) is 16.6 Å². The first-order valence-corrected chi connectivity index (χ1v) is 13.8. The summed E-state index contributed by atoms with van der Waals surface area (Å²) in [5, 5.41) is 0. The molecule has 3 aromatic rings. The number of nitrogens with zero attached hydrogens (tertiary/aromatic N) is 2. The molecule has 0 bridgehead atoms. The molecule has 0 spiro atoms. The second kappa shape index (κ2) is 10.1. The van der Waals surface area contributed by atoms with Crippen LogP contribution in [0.5, 0.6) is 5.75 Å². The van der Waals surface area contributed by atoms with Crippen molar-refractivity contribution in [1.82, 2.24) is 0 Å². The smallest absolute Gasteiger partial charge is 0.264 e. The molecule has 0 saturated heterocycles. The SMILES string of the molecule is CCOc1ccc(N(CC(=O)N2c3ccccc3CC2C)S(=O)(=O)c2ccc(SC)cc2)cc1. The Balaban J connectivity index is 1.71. The summed E-state index contributed by atoms with van der Waals surface area (Å²) in [5.74, 6) is 0.372. The molecule has 1 aliphatic rings. The third kappa shape index (κ3) is 4.79. The van der Waals surface area contributed by atoms with Crippen molar-refractivity contribution < 1.29 is 17.9 Å². The summed E-state index contributed by atoms with van der Waals surface area (Å²) in [7, 11) is -3.99. The molecule has 1 aliphatic heterocycles. The molecule has 8 heteroatoms. The maximum atomic E-state index is 13.7. The van der Waals surface area contributed by atoms with Crippen LogP contribution in [0.2, 0.25) is 0 Å². The topological polar surface area (TPSA) is 66.9 Å². The van der Waals surface area contributed by atoms with E-state index in [0.717, 1.165) is 22.6 Å². The van der Waals surface area contributed by atoms with Gasteiger partial charge in [0.25, 0.3) is 10.0 Å². The molecule has 4 rings (SSSR count). The molecule has 6 nitrogen and oxygen atoms in total. The lowest BCUT2D eigenvalue weighted by Crippen LogP contribution is -2.45. The molecule has 0 N–H and O–H groups in total. The van der Waals surface area contributed by atoms with Crippen LogP contribution >= 0.6 is 11.8 Å². The minimum atomic E-state index is -3.99. The number of carbonyl (C=O) groups is 1. The van der Waals surface area contributed by atoms with E-state index in [1.54, 1.807) is 53.4 Å². The van der Waals surface area contributed by atoms with Crippen molar-refractivity contribution in [3.05, 3.63) is 78.4 Å². The molecule has 3 aromatic carbocycles. The highest BCUT2D eigenvalue weighted by molar-refractivity contribution is 7.98. The minimum absolute atomic E-state index is 0.0457. The third-order valence-electron chi connectivity index (χ3n) is 5.84. The predicted molar refractivity (Wildman–Crippen MR) is 137 cm³/mol. The lowest BCUT2D eigenvalue weighted by atomic mass is 10.1. The van der Waals surface area contributed by atoms with Crippen LogP contribution in [-0.4, -0.2) is 39.8 Å². The first-order valence-electron chi connectivity index (χ1n) is 11.1. The predicted octanol–water partition coefficient (Wildman–Crippen LogP) is 4.98. The average molecular weight is 497 g/mol. The molecule has 0 fully saturated rings. The van der Waals surface area contributed by atoms with Gasteiger partial charge in [-0.15, -0.1) is 11.8 Å². The van der Waals surface area contributed by atoms with Gasteiger partial charge in [0.05, 0.1) is 17.2 Å². The van der Waals surface area contributed by atoms with Crippen LogP contribution in [0.4, 0.5) is 11.4 Å². The summed E-state index contributed by atoms with van der Waals surface area (Å²) >= 11 is 1.54. The van der Waals surface area contributed by atoms with Crippen molar-refractivity contribution in [3.8, 4) is 5.75 Å². The Labute approximate surface area is 205 Å². The minimum Gasteiger partial charge on any atom is -0.494 e. The summed E-state index contributed by atoms with van der Waals surface area (Å²) in [6, 6.07) is 21.2. The number of rotatable bonds is 8. The van der Waals surface area contributed by atoms with Crippen LogP contribution in [0.25, 0.3) is 0 Å². The fourth-order valence-electron chi connectivity index (χ4n) is 4.21. The molecule has 0 aromatic heterocycles. The van der Waals surface area contributed by atoms with E-state index in [0.29, 0.717) is 18.0 Å². The van der Waals surface area contributed by atoms with Crippen molar-refractivity contribution in [2.24, 2.45) is 0 Å². The quantitative estimate of drug-likeness (QED) is 0.412. The monoisotopic (exact) mass is 496 g/mol. The van der Waals surface area contributed by atoms with Crippen molar-refractivity contribution in [2.75, 3.05) is 28.6 Å². The van der Waals surface area contributed by atoms with E-state index in [9.17, 15) is 13.2 Å². The highest BCUT2D eigenvalue weighted by atomic mass is 32.2. The number of benzene rings is 3. The Morgan fingerprint density at radius 2 is 1.74 bits per heavy atom. The van der Waals surface area contributed by atoms with Gasteiger partial charge in [-0.05, 0) is 86.7 Å². The number of hydrogen-bond acceptors (Lipinski definition) is 5. The van der Waals surface area contributed by atoms with Gasteiger partial charge in [0.15, 0.2) is 0 Å². The first kappa shape index (κ1) is 24.2. The zero-order valence-corrected chi connectivity index (χ0v) is 21.1. The highest BCUT2D eigenvalue weighted by Gasteiger charge is 2.34. The van der Waals surface area contributed by atoms with Crippen LogP contribution in [0.3, 0.4) is 0 Å². The van der Waals surface area contributed by atoms with Crippen LogP contribution in [-0.2, 0) is 21.2 Å². The number of hydrogen-bond donors (Lipinski definition) is 0. The van der Waals surface area contributed by atoms with Gasteiger partial charge in [0.1, 0.15) is 12.3 Å². The van der Waals surface area contributed by atoms with Gasteiger partial charge in [-0.1, -0.05) is 18.2 Å². The summed E-state index contributed by atoms with van der Waals surface area (Å²) in [5.41, 5.74) is 2.34. The molecule has 178 valence electrons. The molecule has 0 aliphatic carbocycles. The molecule has 0 saturated carbocycles. The Bertz CT molecular complexity index is 1260. The van der Waals surface area contributed by atoms with E-state index < -0.39 is 10.0 Å². The average Bonchev–Trinajstić information content (AvgIpc) is 3.19. The van der Waals surface area contributed by atoms with E-state index in [4.69, 9.17) is 4.74 Å². The highest BCUT2D eigenvalue weighted by Crippen LogP contribution is 2.33. The summed E-state index contributed by atoms with van der Waals surface area (Å²) < 4.78 is 34.2. The normalized spacial score (nSPS) is 15.1. The molecule has 1 unspecified atom stereocenters. The van der Waals surface area contributed by atoms with Crippen molar-refractivity contribution in [1.29, 1.82) is 0 Å². The van der Waals surface area contributed by atoms with Crippen LogP contribution < -0.4 is 13.9 Å². The van der Waals surface area contributed by atoms with E-state index in [1.165, 1.54) is 16.1 Å². The Kier molecular flexibility index (Phi) is 7.19. The zero-order valence-electron chi connectivity index (χ0n) is 19.5. The number of anilines is 2. The number of thioether (sulfide) groups is 1. The lowest BCUT2D eigenvalue weighted by molar-refractivity contribution is -0.117. The van der Waals surface area contributed by atoms with Gasteiger partial charge in [-0.2, -0.15) is 0 Å². The van der Waals surface area contributed by atoms with Gasteiger partial charge in [0.2, 0.25) is 5.91 Å². The second-order valence-corrected chi connectivity index (χ2v) is 10.8. The third-order valence-corrected chi connectivity index (χ3v) is 8.37. The number of amides is 1. The molecule has 1 heterocycles. The van der Waals surface area contributed by atoms with Crippen molar-refractivity contribution in [2.45, 2.75) is 36.1 Å². The van der Waals surface area contributed by atoms with Gasteiger partial charge in [-0.3, -0.25) is 9.10 Å². The van der Waals surface area contributed by atoms with Crippen LogP contribution in [0, 0.1) is 0 Å². The first-order chi connectivity index (χ1) is 16.3. The fraction of sp³-hybridized carbons (Fsp3) is 0.269. The fourth-order valence-corrected chi connectivity index (χ4v) is 6.03. The molecule has 0 radical (unpaired) electrons. The van der Waals surface area contributed by atoms with E-state index >= 15 is 0 Å². The Morgan fingerprint density at radius 1 is 1.06 bits per heavy atom. The Morgan fingerprint density at radius 3 is 2.38 bits per heavy atom. The maximum Gasteiger partial charge on any atom is 0.264 e. The Hall–Kier alpha value is -2.97. The van der Waals surface area contributed by atoms with Gasteiger partial charge >= 0.3 is 0 Å². The van der Waals surface area contributed by atoms with Gasteiger partial charge < -0.3 is 9.64 Å². The number of fused-ring (bicyclic) bond motifs is 1. The van der Waals surface area contributed by atoms with E-state index in [2.05, 4.69) is 0 Å². The second-order valence-electron chi connectivity index (χ2n) is 8.06. The molecule has 1 amide bonds. The molecular formula is C26H28N2O4S2. The number of sulfonamides is 1. The number of carbonyl (C=O) groups excluding carboxylic acids is 1. The zero-order chi connectivity index (χ0) is 24.3. The lowest BCUT2D eigenvalue weighted by Gasteiger charge is -2.29. The number of para-hydroxylation sites is 1. The van der Waals surface area contributed by atoms with Crippen LogP contribution in [0.15, 0.2) is 82.6 Å².